The second-order valence-electron chi connectivity index (χ2n) is 7.38. The average Bonchev–Trinajstić information content (AvgIpc) is 3.31. The molecule has 24 heavy (non-hydrogen) atoms. The van der Waals surface area contributed by atoms with Crippen LogP contribution in [0.4, 0.5) is 16.2 Å². The number of urea groups is 1. The van der Waals surface area contributed by atoms with E-state index in [9.17, 15) is 4.79 Å². The average molecular weight is 328 g/mol. The first kappa shape index (κ1) is 15.6. The van der Waals surface area contributed by atoms with E-state index < -0.39 is 0 Å². The fourth-order valence-electron chi connectivity index (χ4n) is 4.48. The largest absolute Gasteiger partial charge is 0.372 e. The number of hydrogen-bond donors (Lipinski definition) is 1. The number of likely N-dealkylation sites (tertiary alicyclic amines) is 1. The van der Waals surface area contributed by atoms with Crippen molar-refractivity contribution >= 4 is 17.4 Å². The lowest BCUT2D eigenvalue weighted by atomic mass is 10.0. The Labute approximate surface area is 144 Å². The van der Waals surface area contributed by atoms with Crippen molar-refractivity contribution in [1.82, 2.24) is 10.2 Å². The van der Waals surface area contributed by atoms with Gasteiger partial charge in [0.2, 0.25) is 0 Å². The molecule has 2 atom stereocenters. The molecule has 1 aromatic carbocycles. The molecule has 1 aromatic rings. The maximum Gasteiger partial charge on any atom is 0.317 e. The van der Waals surface area contributed by atoms with Crippen molar-refractivity contribution in [2.45, 2.75) is 19.8 Å². The van der Waals surface area contributed by atoms with Crippen LogP contribution in [-0.2, 0) is 0 Å². The van der Waals surface area contributed by atoms with Crippen LogP contribution in [-0.4, -0.2) is 56.7 Å². The van der Waals surface area contributed by atoms with Gasteiger partial charge in [0.15, 0.2) is 0 Å². The second kappa shape index (κ2) is 6.54. The Bertz CT molecular complexity index is 568. The third kappa shape index (κ3) is 2.92. The molecule has 0 spiro atoms. The first-order valence-corrected chi connectivity index (χ1v) is 9.37. The summed E-state index contributed by atoms with van der Waals surface area (Å²) < 4.78 is 0. The first-order chi connectivity index (χ1) is 11.7. The van der Waals surface area contributed by atoms with Crippen LogP contribution < -0.4 is 15.1 Å². The van der Waals surface area contributed by atoms with Crippen LogP contribution in [0.15, 0.2) is 24.3 Å². The van der Waals surface area contributed by atoms with E-state index in [2.05, 4.69) is 39.4 Å². The van der Waals surface area contributed by atoms with Gasteiger partial charge in [-0.3, -0.25) is 0 Å². The number of amides is 2. The third-order valence-corrected chi connectivity index (χ3v) is 5.79. The highest BCUT2D eigenvalue weighted by Gasteiger charge is 2.41. The predicted molar refractivity (Wildman–Crippen MR) is 97.7 cm³/mol. The van der Waals surface area contributed by atoms with E-state index in [-0.39, 0.29) is 6.03 Å². The fraction of sp³-hybridized carbons (Fsp3) is 0.632. The van der Waals surface area contributed by atoms with Crippen molar-refractivity contribution < 1.29 is 4.79 Å². The zero-order valence-electron chi connectivity index (χ0n) is 14.6. The Morgan fingerprint density at radius 3 is 2.04 bits per heavy atom. The molecule has 2 amide bonds. The van der Waals surface area contributed by atoms with E-state index in [1.165, 1.54) is 37.3 Å². The van der Waals surface area contributed by atoms with Crippen molar-refractivity contribution in [3.8, 4) is 0 Å². The fourth-order valence-corrected chi connectivity index (χ4v) is 4.48. The summed E-state index contributed by atoms with van der Waals surface area (Å²) in [5.74, 6) is 1.23. The minimum atomic E-state index is 0.105. The van der Waals surface area contributed by atoms with Crippen LogP contribution in [0.1, 0.15) is 19.8 Å². The molecule has 4 rings (SSSR count). The molecule has 3 fully saturated rings. The molecule has 5 nitrogen and oxygen atoms in total. The monoisotopic (exact) mass is 328 g/mol. The van der Waals surface area contributed by atoms with E-state index in [1.54, 1.807) is 0 Å². The summed E-state index contributed by atoms with van der Waals surface area (Å²) in [4.78, 5) is 19.0. The van der Waals surface area contributed by atoms with Crippen molar-refractivity contribution in [2.75, 3.05) is 55.6 Å². The molecule has 0 aromatic heterocycles. The lowest BCUT2D eigenvalue weighted by molar-refractivity contribution is 0.206. The zero-order valence-corrected chi connectivity index (χ0v) is 14.6. The van der Waals surface area contributed by atoms with Crippen LogP contribution in [0.5, 0.6) is 0 Å². The third-order valence-electron chi connectivity index (χ3n) is 5.79. The van der Waals surface area contributed by atoms with Crippen LogP contribution in [0.3, 0.4) is 0 Å². The van der Waals surface area contributed by atoms with Crippen molar-refractivity contribution in [3.63, 3.8) is 0 Å². The molecule has 5 heteroatoms. The van der Waals surface area contributed by atoms with Crippen LogP contribution in [0.2, 0.25) is 0 Å². The van der Waals surface area contributed by atoms with E-state index >= 15 is 0 Å². The maximum atomic E-state index is 12.0. The van der Waals surface area contributed by atoms with Crippen LogP contribution in [0, 0.1) is 11.8 Å². The number of nitrogens with one attached hydrogen (secondary N) is 1. The number of rotatable bonds is 3. The van der Waals surface area contributed by atoms with E-state index in [0.717, 1.165) is 26.2 Å². The standard InChI is InChI=1S/C19H28N4O/c1-2-20-19(24)23-13-15-11-22(12-16(15)14-23)18-7-5-17(6-8-18)21-9-3-4-10-21/h5-8,15-16H,2-4,9-14H2,1H3,(H,20,24)/t15-,16+. The van der Waals surface area contributed by atoms with Gasteiger partial charge in [0, 0.05) is 69.0 Å². The molecule has 130 valence electrons. The van der Waals surface area contributed by atoms with Gasteiger partial charge >= 0.3 is 6.03 Å². The van der Waals surface area contributed by atoms with E-state index in [0.29, 0.717) is 18.4 Å². The highest BCUT2D eigenvalue weighted by atomic mass is 16.2. The molecule has 3 heterocycles. The number of nitrogens with zero attached hydrogens (tertiary/aromatic N) is 3. The molecule has 3 saturated heterocycles. The summed E-state index contributed by atoms with van der Waals surface area (Å²) in [5.41, 5.74) is 2.69. The van der Waals surface area contributed by atoms with Crippen LogP contribution >= 0.6 is 0 Å². The lowest BCUT2D eigenvalue weighted by Gasteiger charge is -2.24. The molecule has 0 saturated carbocycles. The van der Waals surface area contributed by atoms with Gasteiger partial charge in [-0.2, -0.15) is 0 Å². The number of anilines is 2. The summed E-state index contributed by atoms with van der Waals surface area (Å²) in [7, 11) is 0. The Kier molecular flexibility index (Phi) is 4.25. The van der Waals surface area contributed by atoms with Gasteiger partial charge in [0.1, 0.15) is 0 Å². The molecular weight excluding hydrogens is 300 g/mol. The van der Waals surface area contributed by atoms with Crippen molar-refractivity contribution in [2.24, 2.45) is 11.8 Å². The number of carbonyl (C=O) groups is 1. The Morgan fingerprint density at radius 1 is 0.958 bits per heavy atom. The normalized spacial score (nSPS) is 26.1. The topological polar surface area (TPSA) is 38.8 Å². The van der Waals surface area contributed by atoms with Crippen molar-refractivity contribution in [3.05, 3.63) is 24.3 Å². The number of benzene rings is 1. The summed E-state index contributed by atoms with van der Waals surface area (Å²) in [6.07, 6.45) is 2.64. The minimum absolute atomic E-state index is 0.105. The SMILES string of the molecule is CCNC(=O)N1C[C@@H]2CN(c3ccc(N4CCCC4)cc3)C[C@@H]2C1. The molecule has 3 aliphatic rings. The van der Waals surface area contributed by atoms with Gasteiger partial charge < -0.3 is 20.0 Å². The molecule has 0 unspecified atom stereocenters. The summed E-state index contributed by atoms with van der Waals surface area (Å²) in [6.45, 7) is 9.03. The minimum Gasteiger partial charge on any atom is -0.372 e. The number of fused-ring (bicyclic) bond motifs is 1. The van der Waals surface area contributed by atoms with Gasteiger partial charge in [0.25, 0.3) is 0 Å². The molecule has 1 N–H and O–H groups in total. The Balaban J connectivity index is 1.36. The van der Waals surface area contributed by atoms with Gasteiger partial charge in [-0.1, -0.05) is 0 Å². The summed E-state index contributed by atoms with van der Waals surface area (Å²) >= 11 is 0. The van der Waals surface area contributed by atoms with E-state index in [4.69, 9.17) is 0 Å². The van der Waals surface area contributed by atoms with Gasteiger partial charge in [-0.05, 0) is 44.0 Å². The molecule has 0 bridgehead atoms. The smallest absolute Gasteiger partial charge is 0.317 e. The summed E-state index contributed by atoms with van der Waals surface area (Å²) in [5, 5.41) is 2.92. The molecular formula is C19H28N4O. The van der Waals surface area contributed by atoms with Crippen molar-refractivity contribution in [1.29, 1.82) is 0 Å². The Hall–Kier alpha value is -1.91. The van der Waals surface area contributed by atoms with Gasteiger partial charge in [-0.15, -0.1) is 0 Å². The number of carbonyl (C=O) groups excluding carboxylic acids is 1. The zero-order chi connectivity index (χ0) is 16.5. The quantitative estimate of drug-likeness (QED) is 0.926. The molecule has 0 radical (unpaired) electrons. The van der Waals surface area contributed by atoms with Crippen LogP contribution in [0.25, 0.3) is 0 Å². The van der Waals surface area contributed by atoms with E-state index in [1.807, 2.05) is 11.8 Å². The molecule has 0 aliphatic carbocycles. The second-order valence-corrected chi connectivity index (χ2v) is 7.38. The molecule has 3 aliphatic heterocycles. The Morgan fingerprint density at radius 2 is 1.50 bits per heavy atom. The maximum absolute atomic E-state index is 12.0. The van der Waals surface area contributed by atoms with Gasteiger partial charge in [-0.25, -0.2) is 4.79 Å². The predicted octanol–water partition coefficient (Wildman–Crippen LogP) is 2.38. The highest BCUT2D eigenvalue weighted by molar-refractivity contribution is 5.74. The lowest BCUT2D eigenvalue weighted by Crippen LogP contribution is -2.40. The first-order valence-electron chi connectivity index (χ1n) is 9.37. The summed E-state index contributed by atoms with van der Waals surface area (Å²) in [6, 6.07) is 9.20. The number of hydrogen-bond acceptors (Lipinski definition) is 3. The van der Waals surface area contributed by atoms with Gasteiger partial charge in [0.05, 0.1) is 0 Å². The highest BCUT2D eigenvalue weighted by Crippen LogP contribution is 2.34.